The van der Waals surface area contributed by atoms with Crippen LogP contribution in [0.2, 0.25) is 0 Å². The number of nitrogens with one attached hydrogen (secondary N) is 1. The maximum Gasteiger partial charge on any atom is 0.267 e. The average Bonchev–Trinajstić information content (AvgIpc) is 3.28. The molecule has 3 aliphatic rings. The highest BCUT2D eigenvalue weighted by Crippen LogP contribution is 2.17. The van der Waals surface area contributed by atoms with Crippen LogP contribution in [0.5, 0.6) is 0 Å². The summed E-state index contributed by atoms with van der Waals surface area (Å²) >= 11 is 0. The SMILES string of the molecule is O=C1CCC(C(=O)N2CCN(CCn3nc4c(cc3=O)CCC4)CC2)N1. The number of nitrogens with zero attached hydrogens (tertiary/aromatic N) is 4. The van der Waals surface area contributed by atoms with Crippen LogP contribution < -0.4 is 10.9 Å². The van der Waals surface area contributed by atoms with E-state index >= 15 is 0 Å². The van der Waals surface area contributed by atoms with Crippen molar-refractivity contribution in [3.63, 3.8) is 0 Å². The summed E-state index contributed by atoms with van der Waals surface area (Å²) in [6.45, 7) is 4.24. The molecular weight excluding hydrogens is 334 g/mol. The topological polar surface area (TPSA) is 87.5 Å². The number of fused-ring (bicyclic) bond motifs is 1. The van der Waals surface area contributed by atoms with Crippen molar-refractivity contribution in [2.45, 2.75) is 44.7 Å². The van der Waals surface area contributed by atoms with Crippen molar-refractivity contribution in [1.29, 1.82) is 0 Å². The van der Waals surface area contributed by atoms with Crippen LogP contribution in [0.15, 0.2) is 10.9 Å². The lowest BCUT2D eigenvalue weighted by molar-refractivity contribution is -0.136. The number of piperazine rings is 1. The molecule has 1 aliphatic carbocycles. The van der Waals surface area contributed by atoms with Crippen molar-refractivity contribution in [2.75, 3.05) is 32.7 Å². The molecule has 2 aliphatic heterocycles. The molecule has 2 saturated heterocycles. The van der Waals surface area contributed by atoms with Gasteiger partial charge in [-0.2, -0.15) is 5.10 Å². The highest BCUT2D eigenvalue weighted by atomic mass is 16.2. The highest BCUT2D eigenvalue weighted by Gasteiger charge is 2.32. The smallest absolute Gasteiger partial charge is 0.267 e. The fraction of sp³-hybridized carbons (Fsp3) is 0.667. The van der Waals surface area contributed by atoms with E-state index < -0.39 is 0 Å². The van der Waals surface area contributed by atoms with Gasteiger partial charge in [0.15, 0.2) is 0 Å². The number of carbonyl (C=O) groups is 2. The predicted molar refractivity (Wildman–Crippen MR) is 94.7 cm³/mol. The summed E-state index contributed by atoms with van der Waals surface area (Å²) in [5.41, 5.74) is 2.16. The van der Waals surface area contributed by atoms with E-state index in [4.69, 9.17) is 0 Å². The van der Waals surface area contributed by atoms with E-state index in [1.807, 2.05) is 4.90 Å². The Bertz CT molecular complexity index is 767. The first-order valence-electron chi connectivity index (χ1n) is 9.50. The fourth-order valence-corrected chi connectivity index (χ4v) is 4.05. The Morgan fingerprint density at radius 2 is 1.92 bits per heavy atom. The van der Waals surface area contributed by atoms with Gasteiger partial charge in [-0.1, -0.05) is 0 Å². The third-order valence-electron chi connectivity index (χ3n) is 5.63. The van der Waals surface area contributed by atoms with E-state index in [-0.39, 0.29) is 23.4 Å². The van der Waals surface area contributed by atoms with Crippen molar-refractivity contribution in [3.8, 4) is 0 Å². The van der Waals surface area contributed by atoms with Gasteiger partial charge in [-0.05, 0) is 31.2 Å². The summed E-state index contributed by atoms with van der Waals surface area (Å²) in [7, 11) is 0. The van der Waals surface area contributed by atoms with Gasteiger partial charge in [0.25, 0.3) is 5.56 Å². The zero-order chi connectivity index (χ0) is 18.1. The number of carbonyl (C=O) groups excluding carboxylic acids is 2. The lowest BCUT2D eigenvalue weighted by atomic mass is 10.2. The van der Waals surface area contributed by atoms with Crippen LogP contribution >= 0.6 is 0 Å². The number of amides is 2. The minimum absolute atomic E-state index is 0.0172. The Kier molecular flexibility index (Phi) is 4.76. The average molecular weight is 359 g/mol. The quantitative estimate of drug-likeness (QED) is 0.757. The van der Waals surface area contributed by atoms with E-state index in [0.717, 1.165) is 50.2 Å². The Morgan fingerprint density at radius 3 is 2.65 bits per heavy atom. The molecule has 26 heavy (non-hydrogen) atoms. The molecule has 8 heteroatoms. The van der Waals surface area contributed by atoms with Gasteiger partial charge >= 0.3 is 0 Å². The largest absolute Gasteiger partial charge is 0.344 e. The standard InChI is InChI=1S/C18H25N5O3/c24-16-5-4-15(19-16)18(26)22-9-6-21(7-10-22)8-11-23-17(25)12-13-2-1-3-14(13)20-23/h12,15H,1-11H2,(H,19,24). The first-order valence-corrected chi connectivity index (χ1v) is 9.50. The molecule has 1 aromatic rings. The minimum atomic E-state index is -0.344. The molecule has 4 rings (SSSR count). The first-order chi connectivity index (χ1) is 12.6. The molecule has 0 spiro atoms. The third kappa shape index (κ3) is 3.51. The normalized spacial score (nSPS) is 23.2. The summed E-state index contributed by atoms with van der Waals surface area (Å²) < 4.78 is 1.58. The maximum absolute atomic E-state index is 12.4. The first kappa shape index (κ1) is 17.2. The summed E-state index contributed by atoms with van der Waals surface area (Å²) in [5.74, 6) is 0.00119. The van der Waals surface area contributed by atoms with Crippen LogP contribution in [0.4, 0.5) is 0 Å². The molecule has 1 aromatic heterocycles. The summed E-state index contributed by atoms with van der Waals surface area (Å²) in [4.78, 5) is 40.0. The number of hydrogen-bond acceptors (Lipinski definition) is 5. The zero-order valence-corrected chi connectivity index (χ0v) is 14.9. The van der Waals surface area contributed by atoms with E-state index in [9.17, 15) is 14.4 Å². The lowest BCUT2D eigenvalue weighted by Gasteiger charge is -2.35. The molecule has 2 amide bonds. The van der Waals surface area contributed by atoms with Gasteiger partial charge in [-0.3, -0.25) is 19.3 Å². The van der Waals surface area contributed by atoms with E-state index in [1.54, 1.807) is 10.7 Å². The van der Waals surface area contributed by atoms with Crippen LogP contribution in [0, 0.1) is 0 Å². The second-order valence-electron chi connectivity index (χ2n) is 7.36. The number of rotatable bonds is 4. The monoisotopic (exact) mass is 359 g/mol. The zero-order valence-electron chi connectivity index (χ0n) is 14.9. The van der Waals surface area contributed by atoms with Crippen molar-refractivity contribution < 1.29 is 9.59 Å². The van der Waals surface area contributed by atoms with Gasteiger partial charge in [0.2, 0.25) is 11.8 Å². The Balaban J connectivity index is 1.27. The van der Waals surface area contributed by atoms with Crippen molar-refractivity contribution in [3.05, 3.63) is 27.7 Å². The number of hydrogen-bond donors (Lipinski definition) is 1. The van der Waals surface area contributed by atoms with Gasteiger partial charge in [-0.15, -0.1) is 0 Å². The van der Waals surface area contributed by atoms with E-state index in [1.165, 1.54) is 0 Å². The van der Waals surface area contributed by atoms with Gasteiger partial charge in [0.1, 0.15) is 6.04 Å². The van der Waals surface area contributed by atoms with Gasteiger partial charge < -0.3 is 10.2 Å². The van der Waals surface area contributed by atoms with Gasteiger partial charge in [-0.25, -0.2) is 4.68 Å². The molecule has 3 heterocycles. The molecule has 1 unspecified atom stereocenters. The second-order valence-corrected chi connectivity index (χ2v) is 7.36. The van der Waals surface area contributed by atoms with Crippen LogP contribution in [-0.4, -0.2) is 70.2 Å². The van der Waals surface area contributed by atoms with Crippen LogP contribution in [0.3, 0.4) is 0 Å². The van der Waals surface area contributed by atoms with Crippen molar-refractivity contribution >= 4 is 11.8 Å². The highest BCUT2D eigenvalue weighted by molar-refractivity contribution is 5.90. The Morgan fingerprint density at radius 1 is 1.12 bits per heavy atom. The Labute approximate surface area is 152 Å². The molecule has 0 radical (unpaired) electrons. The fourth-order valence-electron chi connectivity index (χ4n) is 4.05. The van der Waals surface area contributed by atoms with Crippen LogP contribution in [0.25, 0.3) is 0 Å². The molecule has 0 bridgehead atoms. The van der Waals surface area contributed by atoms with Gasteiger partial charge in [0, 0.05) is 45.2 Å². The number of aromatic nitrogens is 2. The van der Waals surface area contributed by atoms with Gasteiger partial charge in [0.05, 0.1) is 12.2 Å². The van der Waals surface area contributed by atoms with Crippen molar-refractivity contribution in [1.82, 2.24) is 24.9 Å². The Hall–Kier alpha value is -2.22. The van der Waals surface area contributed by atoms with Crippen molar-refractivity contribution in [2.24, 2.45) is 0 Å². The summed E-state index contributed by atoms with van der Waals surface area (Å²) in [5, 5.41) is 7.26. The van der Waals surface area contributed by atoms with E-state index in [2.05, 4.69) is 15.3 Å². The third-order valence-corrected chi connectivity index (χ3v) is 5.63. The molecule has 2 fully saturated rings. The lowest BCUT2D eigenvalue weighted by Crippen LogP contribution is -2.53. The predicted octanol–water partition coefficient (Wildman–Crippen LogP) is -0.845. The number of aryl methyl sites for hydroxylation is 2. The summed E-state index contributed by atoms with van der Waals surface area (Å²) in [6.07, 6.45) is 4.07. The molecule has 0 saturated carbocycles. The minimum Gasteiger partial charge on any atom is -0.344 e. The second kappa shape index (κ2) is 7.19. The molecule has 8 nitrogen and oxygen atoms in total. The summed E-state index contributed by atoms with van der Waals surface area (Å²) in [6, 6.07) is 1.39. The van der Waals surface area contributed by atoms with E-state index in [0.29, 0.717) is 32.5 Å². The van der Waals surface area contributed by atoms with Crippen LogP contribution in [-0.2, 0) is 29.0 Å². The molecule has 140 valence electrons. The molecule has 0 aromatic carbocycles. The molecular formula is C18H25N5O3. The molecule has 1 atom stereocenters. The molecule has 1 N–H and O–H groups in total. The maximum atomic E-state index is 12.4. The van der Waals surface area contributed by atoms with Crippen LogP contribution in [0.1, 0.15) is 30.5 Å².